The van der Waals surface area contributed by atoms with Crippen molar-refractivity contribution in [1.82, 2.24) is 5.32 Å². The lowest BCUT2D eigenvalue weighted by atomic mass is 10.1. The Bertz CT molecular complexity index is 312. The highest BCUT2D eigenvalue weighted by Crippen LogP contribution is 2.31. The van der Waals surface area contributed by atoms with E-state index in [0.29, 0.717) is 0 Å². The second-order valence-corrected chi connectivity index (χ2v) is 4.25. The first-order chi connectivity index (χ1) is 6.69. The maximum Gasteiger partial charge on any atom is 0.132 e. The molecule has 1 rings (SSSR count). The number of thioether (sulfide) groups is 1. The first-order valence-electron chi connectivity index (χ1n) is 4.61. The van der Waals surface area contributed by atoms with Crippen LogP contribution in [-0.4, -0.2) is 20.0 Å². The fourth-order valence-electron chi connectivity index (χ4n) is 1.19. The number of methoxy groups -OCH3 is 1. The summed E-state index contributed by atoms with van der Waals surface area (Å²) in [6.45, 7) is 4.22. The topological polar surface area (TPSA) is 21.3 Å². The lowest BCUT2D eigenvalue weighted by Gasteiger charge is -2.10. The monoisotopic (exact) mass is 211 g/mol. The molecule has 0 saturated carbocycles. The highest BCUT2D eigenvalue weighted by molar-refractivity contribution is 7.99. The summed E-state index contributed by atoms with van der Waals surface area (Å²) < 4.78 is 5.33. The van der Waals surface area contributed by atoms with Crippen LogP contribution >= 0.6 is 11.8 Å². The van der Waals surface area contributed by atoms with E-state index >= 15 is 0 Å². The summed E-state index contributed by atoms with van der Waals surface area (Å²) >= 11 is 1.76. The molecule has 0 saturated heterocycles. The highest BCUT2D eigenvalue weighted by atomic mass is 32.2. The molecule has 0 amide bonds. The molecule has 0 radical (unpaired) electrons. The van der Waals surface area contributed by atoms with Crippen molar-refractivity contribution >= 4 is 11.8 Å². The molecule has 0 atom stereocenters. The number of ether oxygens (including phenoxy) is 1. The molecule has 0 aliphatic rings. The fourth-order valence-corrected chi connectivity index (χ4v) is 2.03. The van der Waals surface area contributed by atoms with Gasteiger partial charge in [-0.2, -0.15) is 0 Å². The zero-order valence-electron chi connectivity index (χ0n) is 9.18. The Morgan fingerprint density at radius 3 is 2.50 bits per heavy atom. The van der Waals surface area contributed by atoms with Gasteiger partial charge in [0.2, 0.25) is 0 Å². The quantitative estimate of drug-likeness (QED) is 0.611. The molecule has 0 heterocycles. The Labute approximate surface area is 90.0 Å². The SMILES string of the molecule is CNCSc1cc(C)c(C)cc1OC. The number of rotatable bonds is 4. The molecule has 0 spiro atoms. The number of hydrogen-bond acceptors (Lipinski definition) is 3. The second-order valence-electron chi connectivity index (χ2n) is 3.23. The lowest BCUT2D eigenvalue weighted by Crippen LogP contribution is -2.03. The van der Waals surface area contributed by atoms with Gasteiger partial charge in [0, 0.05) is 5.88 Å². The van der Waals surface area contributed by atoms with Gasteiger partial charge >= 0.3 is 0 Å². The molecular formula is C11H17NOS. The van der Waals surface area contributed by atoms with Gasteiger partial charge in [-0.3, -0.25) is 0 Å². The average molecular weight is 211 g/mol. The molecule has 14 heavy (non-hydrogen) atoms. The standard InChI is InChI=1S/C11H17NOS/c1-8-5-10(13-4)11(6-9(8)2)14-7-12-3/h5-6,12H,7H2,1-4H3. The van der Waals surface area contributed by atoms with Crippen molar-refractivity contribution in [2.45, 2.75) is 18.7 Å². The molecule has 3 heteroatoms. The predicted molar refractivity (Wildman–Crippen MR) is 62.3 cm³/mol. The minimum atomic E-state index is 0.902. The van der Waals surface area contributed by atoms with E-state index in [1.165, 1.54) is 16.0 Å². The largest absolute Gasteiger partial charge is 0.496 e. The van der Waals surface area contributed by atoms with Crippen molar-refractivity contribution in [3.8, 4) is 5.75 Å². The number of aryl methyl sites for hydroxylation is 2. The second kappa shape index (κ2) is 5.27. The van der Waals surface area contributed by atoms with Crippen molar-refractivity contribution in [2.24, 2.45) is 0 Å². The van der Waals surface area contributed by atoms with Crippen LogP contribution in [0.4, 0.5) is 0 Å². The van der Waals surface area contributed by atoms with Gasteiger partial charge in [-0.25, -0.2) is 0 Å². The molecule has 0 aromatic heterocycles. The average Bonchev–Trinajstić information content (AvgIpc) is 2.19. The summed E-state index contributed by atoms with van der Waals surface area (Å²) in [5.74, 6) is 1.87. The van der Waals surface area contributed by atoms with Gasteiger partial charge in [0.25, 0.3) is 0 Å². The van der Waals surface area contributed by atoms with E-state index in [9.17, 15) is 0 Å². The first kappa shape index (κ1) is 11.4. The molecule has 0 fully saturated rings. The Hall–Kier alpha value is -0.670. The van der Waals surface area contributed by atoms with Crippen LogP contribution in [0.1, 0.15) is 11.1 Å². The van der Waals surface area contributed by atoms with Crippen molar-refractivity contribution in [1.29, 1.82) is 0 Å². The molecule has 0 aliphatic heterocycles. The summed E-state index contributed by atoms with van der Waals surface area (Å²) in [6, 6.07) is 4.27. The first-order valence-corrected chi connectivity index (χ1v) is 5.60. The minimum Gasteiger partial charge on any atom is -0.496 e. The molecule has 0 bridgehead atoms. The van der Waals surface area contributed by atoms with Crippen LogP contribution in [0.3, 0.4) is 0 Å². The van der Waals surface area contributed by atoms with Crippen LogP contribution < -0.4 is 10.1 Å². The van der Waals surface area contributed by atoms with Crippen molar-refractivity contribution in [3.63, 3.8) is 0 Å². The van der Waals surface area contributed by atoms with E-state index in [-0.39, 0.29) is 0 Å². The van der Waals surface area contributed by atoms with Crippen LogP contribution in [0.5, 0.6) is 5.75 Å². The molecule has 0 aliphatic carbocycles. The molecule has 1 aromatic rings. The van der Waals surface area contributed by atoms with Crippen molar-refractivity contribution in [2.75, 3.05) is 20.0 Å². The Morgan fingerprint density at radius 1 is 1.29 bits per heavy atom. The Morgan fingerprint density at radius 2 is 1.93 bits per heavy atom. The minimum absolute atomic E-state index is 0.902. The summed E-state index contributed by atoms with van der Waals surface area (Å²) in [5.41, 5.74) is 2.58. The van der Waals surface area contributed by atoms with Gasteiger partial charge in [0.1, 0.15) is 5.75 Å². The Balaban J connectivity index is 2.95. The summed E-state index contributed by atoms with van der Waals surface area (Å²) in [5, 5.41) is 3.11. The van der Waals surface area contributed by atoms with Gasteiger partial charge in [0.15, 0.2) is 0 Å². The number of benzene rings is 1. The van der Waals surface area contributed by atoms with Gasteiger partial charge in [-0.05, 0) is 44.2 Å². The molecule has 2 nitrogen and oxygen atoms in total. The van der Waals surface area contributed by atoms with E-state index in [1.54, 1.807) is 18.9 Å². The normalized spacial score (nSPS) is 10.3. The van der Waals surface area contributed by atoms with Gasteiger partial charge < -0.3 is 10.1 Å². The van der Waals surface area contributed by atoms with E-state index in [1.807, 2.05) is 7.05 Å². The van der Waals surface area contributed by atoms with Crippen LogP contribution in [0.2, 0.25) is 0 Å². The molecular weight excluding hydrogens is 194 g/mol. The molecule has 0 unspecified atom stereocenters. The van der Waals surface area contributed by atoms with E-state index in [0.717, 1.165) is 11.6 Å². The van der Waals surface area contributed by atoms with Crippen LogP contribution in [0.25, 0.3) is 0 Å². The smallest absolute Gasteiger partial charge is 0.132 e. The lowest BCUT2D eigenvalue weighted by molar-refractivity contribution is 0.404. The zero-order valence-corrected chi connectivity index (χ0v) is 9.99. The molecule has 1 aromatic carbocycles. The zero-order chi connectivity index (χ0) is 10.6. The third-order valence-electron chi connectivity index (χ3n) is 2.15. The predicted octanol–water partition coefficient (Wildman–Crippen LogP) is 2.58. The van der Waals surface area contributed by atoms with Crippen LogP contribution in [0, 0.1) is 13.8 Å². The summed E-state index contributed by atoms with van der Waals surface area (Å²) in [4.78, 5) is 1.20. The Kier molecular flexibility index (Phi) is 4.29. The third kappa shape index (κ3) is 2.66. The van der Waals surface area contributed by atoms with Crippen molar-refractivity contribution in [3.05, 3.63) is 23.3 Å². The summed E-state index contributed by atoms with van der Waals surface area (Å²) in [7, 11) is 3.66. The van der Waals surface area contributed by atoms with Crippen LogP contribution in [0.15, 0.2) is 17.0 Å². The van der Waals surface area contributed by atoms with Gasteiger partial charge in [0.05, 0.1) is 12.0 Å². The van der Waals surface area contributed by atoms with E-state index in [2.05, 4.69) is 31.3 Å². The fraction of sp³-hybridized carbons (Fsp3) is 0.455. The molecule has 78 valence electrons. The maximum atomic E-state index is 5.33. The third-order valence-corrected chi connectivity index (χ3v) is 3.22. The van der Waals surface area contributed by atoms with Gasteiger partial charge in [-0.1, -0.05) is 0 Å². The van der Waals surface area contributed by atoms with Crippen LogP contribution in [-0.2, 0) is 0 Å². The number of nitrogens with one attached hydrogen (secondary N) is 1. The number of hydrogen-bond donors (Lipinski definition) is 1. The maximum absolute atomic E-state index is 5.33. The van der Waals surface area contributed by atoms with E-state index in [4.69, 9.17) is 4.74 Å². The van der Waals surface area contributed by atoms with Crippen molar-refractivity contribution < 1.29 is 4.74 Å². The summed E-state index contributed by atoms with van der Waals surface area (Å²) in [6.07, 6.45) is 0. The van der Waals surface area contributed by atoms with Gasteiger partial charge in [-0.15, -0.1) is 11.8 Å². The highest BCUT2D eigenvalue weighted by Gasteiger charge is 2.05. The molecule has 1 N–H and O–H groups in total. The van der Waals surface area contributed by atoms with E-state index < -0.39 is 0 Å².